The van der Waals surface area contributed by atoms with E-state index in [1.807, 2.05) is 30.5 Å². The summed E-state index contributed by atoms with van der Waals surface area (Å²) in [6, 6.07) is 12.1. The van der Waals surface area contributed by atoms with Crippen molar-refractivity contribution in [2.45, 2.75) is 0 Å². The lowest BCUT2D eigenvalue weighted by molar-refractivity contribution is -0.119. The second kappa shape index (κ2) is 5.99. The predicted molar refractivity (Wildman–Crippen MR) is 84.2 cm³/mol. The molecule has 1 amide bonds. The SMILES string of the molecule is COCC(=O)Nc1ccc(-c2c[nH]c3cc(F)ccc23)cc1. The molecule has 4 nitrogen and oxygen atoms in total. The van der Waals surface area contributed by atoms with Crippen LogP contribution in [0, 0.1) is 5.82 Å². The van der Waals surface area contributed by atoms with Gasteiger partial charge in [0.15, 0.2) is 0 Å². The second-order valence-electron chi connectivity index (χ2n) is 4.95. The van der Waals surface area contributed by atoms with Crippen molar-refractivity contribution in [3.05, 3.63) is 54.5 Å². The Labute approximate surface area is 126 Å². The topological polar surface area (TPSA) is 54.1 Å². The third-order valence-corrected chi connectivity index (χ3v) is 3.40. The zero-order valence-corrected chi connectivity index (χ0v) is 12.0. The van der Waals surface area contributed by atoms with Crippen LogP contribution in [0.5, 0.6) is 0 Å². The lowest BCUT2D eigenvalue weighted by Crippen LogP contribution is -2.16. The molecule has 3 rings (SSSR count). The van der Waals surface area contributed by atoms with Crippen molar-refractivity contribution in [2.24, 2.45) is 0 Å². The number of ether oxygens (including phenoxy) is 1. The van der Waals surface area contributed by atoms with E-state index >= 15 is 0 Å². The van der Waals surface area contributed by atoms with Gasteiger partial charge < -0.3 is 15.0 Å². The molecule has 0 saturated carbocycles. The van der Waals surface area contributed by atoms with Gasteiger partial charge in [0.2, 0.25) is 5.91 Å². The van der Waals surface area contributed by atoms with Gasteiger partial charge in [-0.05, 0) is 35.9 Å². The van der Waals surface area contributed by atoms with E-state index in [-0.39, 0.29) is 18.3 Å². The number of carbonyl (C=O) groups excluding carboxylic acids is 1. The lowest BCUT2D eigenvalue weighted by atomic mass is 10.0. The number of H-pyrrole nitrogens is 1. The van der Waals surface area contributed by atoms with Gasteiger partial charge in [0.1, 0.15) is 12.4 Å². The van der Waals surface area contributed by atoms with Crippen LogP contribution in [0.1, 0.15) is 0 Å². The first kappa shape index (κ1) is 14.3. The van der Waals surface area contributed by atoms with E-state index in [2.05, 4.69) is 10.3 Å². The summed E-state index contributed by atoms with van der Waals surface area (Å²) in [5, 5.41) is 3.69. The van der Waals surface area contributed by atoms with Crippen LogP contribution in [0.4, 0.5) is 10.1 Å². The summed E-state index contributed by atoms with van der Waals surface area (Å²) in [7, 11) is 1.47. The highest BCUT2D eigenvalue weighted by Gasteiger charge is 2.07. The molecule has 2 N–H and O–H groups in total. The maximum atomic E-state index is 13.2. The van der Waals surface area contributed by atoms with E-state index in [9.17, 15) is 9.18 Å². The molecular weight excluding hydrogens is 283 g/mol. The smallest absolute Gasteiger partial charge is 0.250 e. The number of methoxy groups -OCH3 is 1. The number of aromatic amines is 1. The van der Waals surface area contributed by atoms with Crippen LogP contribution in [0.15, 0.2) is 48.7 Å². The first-order valence-corrected chi connectivity index (χ1v) is 6.83. The summed E-state index contributed by atoms with van der Waals surface area (Å²) < 4.78 is 18.0. The molecule has 0 atom stereocenters. The number of anilines is 1. The average molecular weight is 298 g/mol. The standard InChI is InChI=1S/C17H15FN2O2/c1-22-10-17(21)20-13-5-2-11(3-6-13)15-9-19-16-8-12(18)4-7-14(15)16/h2-9,19H,10H2,1H3,(H,20,21). The first-order chi connectivity index (χ1) is 10.7. The number of rotatable bonds is 4. The van der Waals surface area contributed by atoms with Crippen LogP contribution in [0.25, 0.3) is 22.0 Å². The summed E-state index contributed by atoms with van der Waals surface area (Å²) >= 11 is 0. The predicted octanol–water partition coefficient (Wildman–Crippen LogP) is 3.56. The van der Waals surface area contributed by atoms with E-state index in [1.165, 1.54) is 19.2 Å². The minimum Gasteiger partial charge on any atom is -0.375 e. The Morgan fingerprint density at radius 2 is 2.00 bits per heavy atom. The van der Waals surface area contributed by atoms with E-state index in [1.54, 1.807) is 6.07 Å². The molecule has 0 unspecified atom stereocenters. The normalized spacial score (nSPS) is 10.8. The maximum absolute atomic E-state index is 13.2. The van der Waals surface area contributed by atoms with Gasteiger partial charge in [0.25, 0.3) is 0 Å². The van der Waals surface area contributed by atoms with Crippen LogP contribution in [0.2, 0.25) is 0 Å². The van der Waals surface area contributed by atoms with Crippen LogP contribution in [-0.2, 0) is 9.53 Å². The number of aromatic nitrogens is 1. The van der Waals surface area contributed by atoms with Gasteiger partial charge >= 0.3 is 0 Å². The Balaban J connectivity index is 1.87. The van der Waals surface area contributed by atoms with Crippen molar-refractivity contribution < 1.29 is 13.9 Å². The van der Waals surface area contributed by atoms with Gasteiger partial charge in [-0.2, -0.15) is 0 Å². The largest absolute Gasteiger partial charge is 0.375 e. The highest BCUT2D eigenvalue weighted by atomic mass is 19.1. The minimum atomic E-state index is -0.267. The number of halogens is 1. The number of benzene rings is 2. The zero-order valence-electron chi connectivity index (χ0n) is 12.0. The molecule has 3 aromatic rings. The molecule has 22 heavy (non-hydrogen) atoms. The molecule has 5 heteroatoms. The Morgan fingerprint density at radius 1 is 1.23 bits per heavy atom. The molecule has 112 valence electrons. The number of fused-ring (bicyclic) bond motifs is 1. The van der Waals surface area contributed by atoms with Crippen LogP contribution in [0.3, 0.4) is 0 Å². The monoisotopic (exact) mass is 298 g/mol. The molecule has 0 aliphatic heterocycles. The Kier molecular flexibility index (Phi) is 3.89. The molecule has 0 aliphatic carbocycles. The first-order valence-electron chi connectivity index (χ1n) is 6.83. The Hall–Kier alpha value is -2.66. The van der Waals surface area contributed by atoms with Crippen LogP contribution >= 0.6 is 0 Å². The van der Waals surface area contributed by atoms with Crippen molar-refractivity contribution in [3.8, 4) is 11.1 Å². The minimum absolute atomic E-state index is 0.0236. The fourth-order valence-electron chi connectivity index (χ4n) is 2.40. The highest BCUT2D eigenvalue weighted by Crippen LogP contribution is 2.29. The molecule has 0 fully saturated rings. The van der Waals surface area contributed by atoms with Crippen LogP contribution < -0.4 is 5.32 Å². The summed E-state index contributed by atoms with van der Waals surface area (Å²) in [4.78, 5) is 14.5. The Morgan fingerprint density at radius 3 is 2.73 bits per heavy atom. The van der Waals surface area contributed by atoms with Gasteiger partial charge in [-0.25, -0.2) is 4.39 Å². The van der Waals surface area contributed by atoms with Gasteiger partial charge in [-0.1, -0.05) is 12.1 Å². The van der Waals surface area contributed by atoms with Gasteiger partial charge in [0, 0.05) is 35.5 Å². The van der Waals surface area contributed by atoms with E-state index in [0.29, 0.717) is 5.69 Å². The lowest BCUT2D eigenvalue weighted by Gasteiger charge is -2.06. The van der Waals surface area contributed by atoms with E-state index < -0.39 is 0 Å². The van der Waals surface area contributed by atoms with Gasteiger partial charge in [-0.15, -0.1) is 0 Å². The summed E-state index contributed by atoms with van der Waals surface area (Å²) in [5.41, 5.74) is 3.44. The molecule has 0 radical (unpaired) electrons. The molecule has 1 heterocycles. The number of carbonyl (C=O) groups is 1. The quantitative estimate of drug-likeness (QED) is 0.774. The second-order valence-corrected chi connectivity index (χ2v) is 4.95. The molecule has 2 aromatic carbocycles. The van der Waals surface area contributed by atoms with Crippen molar-refractivity contribution in [1.82, 2.24) is 4.98 Å². The fraction of sp³-hybridized carbons (Fsp3) is 0.118. The van der Waals surface area contributed by atoms with Crippen molar-refractivity contribution >= 4 is 22.5 Å². The average Bonchev–Trinajstić information content (AvgIpc) is 2.91. The summed E-state index contributed by atoms with van der Waals surface area (Å²) in [6.45, 7) is 0.0236. The molecule has 1 aromatic heterocycles. The maximum Gasteiger partial charge on any atom is 0.250 e. The van der Waals surface area contributed by atoms with Gasteiger partial charge in [-0.3, -0.25) is 4.79 Å². The zero-order chi connectivity index (χ0) is 15.5. The third kappa shape index (κ3) is 2.84. The Bertz CT molecular complexity index is 809. The van der Waals surface area contributed by atoms with Crippen LogP contribution in [-0.4, -0.2) is 24.6 Å². The third-order valence-electron chi connectivity index (χ3n) is 3.40. The molecule has 0 spiro atoms. The van der Waals surface area contributed by atoms with Crippen molar-refractivity contribution in [1.29, 1.82) is 0 Å². The highest BCUT2D eigenvalue weighted by molar-refractivity contribution is 5.96. The number of hydrogen-bond acceptors (Lipinski definition) is 2. The van der Waals surface area contributed by atoms with Crippen molar-refractivity contribution in [3.63, 3.8) is 0 Å². The molecular formula is C17H15FN2O2. The summed E-state index contributed by atoms with van der Waals surface area (Å²) in [5.74, 6) is -0.463. The van der Waals surface area contributed by atoms with Crippen molar-refractivity contribution in [2.75, 3.05) is 19.0 Å². The van der Waals surface area contributed by atoms with E-state index in [0.717, 1.165) is 22.0 Å². The number of nitrogens with one attached hydrogen (secondary N) is 2. The van der Waals surface area contributed by atoms with Gasteiger partial charge in [0.05, 0.1) is 0 Å². The summed E-state index contributed by atoms with van der Waals surface area (Å²) in [6.07, 6.45) is 1.85. The molecule has 0 bridgehead atoms. The molecule has 0 saturated heterocycles. The van der Waals surface area contributed by atoms with E-state index in [4.69, 9.17) is 4.74 Å². The number of hydrogen-bond donors (Lipinski definition) is 2. The fourth-order valence-corrected chi connectivity index (χ4v) is 2.40. The molecule has 0 aliphatic rings. The number of amides is 1.